The fourth-order valence-corrected chi connectivity index (χ4v) is 3.79. The van der Waals surface area contributed by atoms with E-state index in [1.165, 1.54) is 16.7 Å². The van der Waals surface area contributed by atoms with Crippen molar-refractivity contribution in [2.24, 2.45) is 0 Å². The monoisotopic (exact) mass is 350 g/mol. The van der Waals surface area contributed by atoms with E-state index in [1.54, 1.807) is 6.20 Å². The molecule has 2 heterocycles. The van der Waals surface area contributed by atoms with Gasteiger partial charge in [0.1, 0.15) is 0 Å². The highest BCUT2D eigenvalue weighted by Gasteiger charge is 2.25. The first-order chi connectivity index (χ1) is 12.6. The van der Waals surface area contributed by atoms with Crippen LogP contribution < -0.4 is 0 Å². The summed E-state index contributed by atoms with van der Waals surface area (Å²) in [4.78, 5) is 17.6. The van der Waals surface area contributed by atoms with Gasteiger partial charge in [-0.2, -0.15) is 0 Å². The second-order valence-electron chi connectivity index (χ2n) is 6.94. The van der Waals surface area contributed by atoms with Crippen molar-refractivity contribution in [1.82, 2.24) is 9.88 Å². The third kappa shape index (κ3) is 4.58. The molecule has 1 unspecified atom stereocenters. The first-order valence-corrected chi connectivity index (χ1v) is 9.23. The molecule has 0 bridgehead atoms. The van der Waals surface area contributed by atoms with Gasteiger partial charge < -0.3 is 5.11 Å². The van der Waals surface area contributed by atoms with E-state index < -0.39 is 5.97 Å². The lowest BCUT2D eigenvalue weighted by Gasteiger charge is -2.22. The molecule has 1 aliphatic heterocycles. The number of pyridine rings is 1. The Morgan fingerprint density at radius 1 is 1.35 bits per heavy atom. The average Bonchev–Trinajstić information content (AvgIpc) is 3.07. The lowest BCUT2D eigenvalue weighted by molar-refractivity contribution is -0.138. The maximum absolute atomic E-state index is 11.0. The molecule has 1 N–H and O–H groups in total. The Morgan fingerprint density at radius 2 is 2.19 bits per heavy atom. The van der Waals surface area contributed by atoms with Crippen LogP contribution >= 0.6 is 0 Å². The Bertz CT molecular complexity index is 758. The molecule has 4 heteroatoms. The van der Waals surface area contributed by atoms with Gasteiger partial charge in [0.2, 0.25) is 0 Å². The van der Waals surface area contributed by atoms with E-state index in [9.17, 15) is 4.79 Å². The predicted molar refractivity (Wildman–Crippen MR) is 103 cm³/mol. The summed E-state index contributed by atoms with van der Waals surface area (Å²) in [7, 11) is 0. The second kappa shape index (κ2) is 8.77. The van der Waals surface area contributed by atoms with Crippen LogP contribution in [0.2, 0.25) is 0 Å². The topological polar surface area (TPSA) is 53.4 Å². The van der Waals surface area contributed by atoms with Crippen molar-refractivity contribution in [2.45, 2.75) is 38.1 Å². The van der Waals surface area contributed by atoms with Crippen LogP contribution in [0.3, 0.4) is 0 Å². The van der Waals surface area contributed by atoms with Crippen molar-refractivity contribution in [1.29, 1.82) is 0 Å². The molecular weight excluding hydrogens is 324 g/mol. The van der Waals surface area contributed by atoms with E-state index in [2.05, 4.69) is 59.3 Å². The normalized spacial score (nSPS) is 19.0. The number of rotatable bonds is 7. The summed E-state index contributed by atoms with van der Waals surface area (Å²) in [6, 6.07) is 12.7. The van der Waals surface area contributed by atoms with Gasteiger partial charge >= 0.3 is 5.97 Å². The summed E-state index contributed by atoms with van der Waals surface area (Å²) in [6.45, 7) is 3.90. The molecule has 2 aromatic rings. The number of carboxylic acid groups (broad SMARTS) is 1. The Kier molecular flexibility index (Phi) is 6.18. The number of likely N-dealkylation sites (tertiary alicyclic amines) is 1. The zero-order valence-corrected chi connectivity index (χ0v) is 15.2. The summed E-state index contributed by atoms with van der Waals surface area (Å²) >= 11 is 0. The lowest BCUT2D eigenvalue weighted by atomic mass is 9.89. The van der Waals surface area contributed by atoms with E-state index in [0.717, 1.165) is 25.9 Å². The predicted octanol–water partition coefficient (Wildman–Crippen LogP) is 4.02. The number of aromatic nitrogens is 1. The molecule has 26 heavy (non-hydrogen) atoms. The highest BCUT2D eigenvalue weighted by molar-refractivity contribution is 5.67. The van der Waals surface area contributed by atoms with Gasteiger partial charge in [0.05, 0.1) is 6.42 Å². The fraction of sp³-hybridized carbons (Fsp3) is 0.364. The number of hydrogen-bond acceptors (Lipinski definition) is 3. The maximum Gasteiger partial charge on any atom is 0.304 e. The molecule has 0 radical (unpaired) electrons. The van der Waals surface area contributed by atoms with Crippen molar-refractivity contribution in [3.05, 3.63) is 77.6 Å². The molecule has 0 aliphatic carbocycles. The Hall–Kier alpha value is -2.46. The number of aliphatic carboxylic acids is 1. The summed E-state index contributed by atoms with van der Waals surface area (Å²) in [5.41, 5.74) is 3.71. The molecule has 1 fully saturated rings. The zero-order valence-electron chi connectivity index (χ0n) is 15.2. The number of aryl methyl sites for hydroxylation is 1. The van der Waals surface area contributed by atoms with Gasteiger partial charge in [0, 0.05) is 30.9 Å². The number of carboxylic acids is 1. The Morgan fingerprint density at radius 3 is 2.92 bits per heavy atom. The van der Waals surface area contributed by atoms with Gasteiger partial charge in [-0.3, -0.25) is 14.7 Å². The largest absolute Gasteiger partial charge is 0.481 e. The van der Waals surface area contributed by atoms with Crippen LogP contribution in [0.5, 0.6) is 0 Å². The fourth-order valence-electron chi connectivity index (χ4n) is 3.79. The maximum atomic E-state index is 11.0. The van der Waals surface area contributed by atoms with E-state index in [-0.39, 0.29) is 18.4 Å². The minimum absolute atomic E-state index is 0.158. The van der Waals surface area contributed by atoms with Crippen LogP contribution in [0.15, 0.2) is 60.9 Å². The number of benzene rings is 1. The molecule has 4 nitrogen and oxygen atoms in total. The molecule has 2 atom stereocenters. The van der Waals surface area contributed by atoms with E-state index in [1.807, 2.05) is 12.3 Å². The third-order valence-corrected chi connectivity index (χ3v) is 5.14. The van der Waals surface area contributed by atoms with Crippen molar-refractivity contribution >= 4 is 5.97 Å². The number of hydrogen-bond donors (Lipinski definition) is 1. The van der Waals surface area contributed by atoms with Crippen LogP contribution in [0.4, 0.5) is 0 Å². The summed E-state index contributed by atoms with van der Waals surface area (Å²) in [6.07, 6.45) is 10.4. The summed E-state index contributed by atoms with van der Waals surface area (Å²) in [5.74, 6) is -0.551. The molecular formula is C22H26N2O2. The van der Waals surface area contributed by atoms with Gasteiger partial charge in [-0.25, -0.2) is 0 Å². The van der Waals surface area contributed by atoms with Crippen molar-refractivity contribution < 1.29 is 9.90 Å². The standard InChI is InChI=1S/C22H26N2O2/c1-17-7-2-3-10-20(17)21(18-8-4-12-23-16-18)11-6-14-24-13-5-9-19(24)15-22(25)26/h2-4,6-8,10-12,16,19,21H,5,9,13-15H2,1H3,(H,25,26)/t19-,21?/m0/s1. The van der Waals surface area contributed by atoms with Crippen LogP contribution in [0.25, 0.3) is 0 Å². The Labute approximate surface area is 155 Å². The quantitative estimate of drug-likeness (QED) is 0.767. The van der Waals surface area contributed by atoms with Gasteiger partial charge in [0.15, 0.2) is 0 Å². The molecule has 0 amide bonds. The molecule has 136 valence electrons. The van der Waals surface area contributed by atoms with Crippen LogP contribution in [-0.4, -0.2) is 40.1 Å². The van der Waals surface area contributed by atoms with Gasteiger partial charge in [-0.1, -0.05) is 42.5 Å². The Balaban J connectivity index is 1.77. The summed E-state index contributed by atoms with van der Waals surface area (Å²) < 4.78 is 0. The first kappa shape index (κ1) is 18.3. The minimum Gasteiger partial charge on any atom is -0.481 e. The van der Waals surface area contributed by atoms with Gasteiger partial charge in [-0.05, 0) is 49.1 Å². The number of allylic oxidation sites excluding steroid dienone is 1. The van der Waals surface area contributed by atoms with E-state index in [4.69, 9.17) is 5.11 Å². The van der Waals surface area contributed by atoms with Crippen molar-refractivity contribution in [3.63, 3.8) is 0 Å². The average molecular weight is 350 g/mol. The van der Waals surface area contributed by atoms with Crippen LogP contribution in [-0.2, 0) is 4.79 Å². The molecule has 0 spiro atoms. The minimum atomic E-state index is -0.709. The number of carbonyl (C=O) groups is 1. The van der Waals surface area contributed by atoms with Crippen LogP contribution in [0, 0.1) is 6.92 Å². The molecule has 1 aromatic heterocycles. The van der Waals surface area contributed by atoms with E-state index >= 15 is 0 Å². The molecule has 1 aromatic carbocycles. The molecule has 1 saturated heterocycles. The highest BCUT2D eigenvalue weighted by Crippen LogP contribution is 2.28. The van der Waals surface area contributed by atoms with E-state index in [0.29, 0.717) is 0 Å². The third-order valence-electron chi connectivity index (χ3n) is 5.14. The molecule has 1 aliphatic rings. The number of nitrogens with zero attached hydrogens (tertiary/aromatic N) is 2. The zero-order chi connectivity index (χ0) is 18.4. The van der Waals surface area contributed by atoms with Gasteiger partial charge in [-0.15, -0.1) is 0 Å². The highest BCUT2D eigenvalue weighted by atomic mass is 16.4. The summed E-state index contributed by atoms with van der Waals surface area (Å²) in [5, 5.41) is 9.08. The van der Waals surface area contributed by atoms with Crippen molar-refractivity contribution in [2.75, 3.05) is 13.1 Å². The van der Waals surface area contributed by atoms with Gasteiger partial charge in [0.25, 0.3) is 0 Å². The SMILES string of the molecule is Cc1ccccc1C(C=CCN1CCC[C@H]1CC(=O)O)c1cccnc1. The second-order valence-corrected chi connectivity index (χ2v) is 6.94. The first-order valence-electron chi connectivity index (χ1n) is 9.23. The lowest BCUT2D eigenvalue weighted by Crippen LogP contribution is -2.31. The van der Waals surface area contributed by atoms with Crippen LogP contribution in [0.1, 0.15) is 41.9 Å². The van der Waals surface area contributed by atoms with Crippen molar-refractivity contribution in [3.8, 4) is 0 Å². The molecule has 0 saturated carbocycles. The smallest absolute Gasteiger partial charge is 0.304 e. The molecule has 3 rings (SSSR count).